The van der Waals surface area contributed by atoms with Crippen molar-refractivity contribution in [2.24, 2.45) is 0 Å². The second-order valence-corrected chi connectivity index (χ2v) is 4.58. The Hall–Kier alpha value is -1.65. The zero-order valence-electron chi connectivity index (χ0n) is 9.44. The molecule has 0 unspecified atom stereocenters. The lowest BCUT2D eigenvalue weighted by Crippen LogP contribution is -2.24. The maximum absolute atomic E-state index is 4.38. The minimum absolute atomic E-state index is 0.00787. The summed E-state index contributed by atoms with van der Waals surface area (Å²) in [7, 11) is 0. The summed E-state index contributed by atoms with van der Waals surface area (Å²) in [5.41, 5.74) is 2.96. The van der Waals surface area contributed by atoms with Crippen LogP contribution in [0.2, 0.25) is 0 Å². The average Bonchev–Trinajstić information content (AvgIpc) is 2.69. The zero-order valence-corrected chi connectivity index (χ0v) is 9.44. The van der Waals surface area contributed by atoms with E-state index in [1.807, 2.05) is 17.8 Å². The first-order valence-electron chi connectivity index (χ1n) is 4.91. The number of hydrogen-bond donors (Lipinski definition) is 1. The lowest BCUT2D eigenvalue weighted by atomic mass is 10.1. The van der Waals surface area contributed by atoms with Gasteiger partial charge in [0.25, 0.3) is 0 Å². The van der Waals surface area contributed by atoms with Crippen LogP contribution in [0.1, 0.15) is 26.5 Å². The molecule has 5 heteroatoms. The Labute approximate surface area is 88.5 Å². The van der Waals surface area contributed by atoms with E-state index in [4.69, 9.17) is 0 Å². The predicted molar refractivity (Wildman–Crippen MR) is 57.3 cm³/mol. The van der Waals surface area contributed by atoms with Crippen LogP contribution in [0.5, 0.6) is 0 Å². The summed E-state index contributed by atoms with van der Waals surface area (Å²) >= 11 is 0. The summed E-state index contributed by atoms with van der Waals surface area (Å²) in [6.07, 6.45) is 3.54. The maximum Gasteiger partial charge on any atom is 0.116 e. The maximum atomic E-state index is 4.38. The predicted octanol–water partition coefficient (Wildman–Crippen LogP) is 1.73. The van der Waals surface area contributed by atoms with Crippen molar-refractivity contribution in [3.63, 3.8) is 0 Å². The van der Waals surface area contributed by atoms with Gasteiger partial charge >= 0.3 is 0 Å². The van der Waals surface area contributed by atoms with E-state index in [9.17, 15) is 0 Å². The monoisotopic (exact) mass is 205 g/mol. The van der Waals surface area contributed by atoms with E-state index in [2.05, 4.69) is 41.3 Å². The van der Waals surface area contributed by atoms with E-state index in [-0.39, 0.29) is 5.54 Å². The molecule has 2 aromatic rings. The largest absolute Gasteiger partial charge is 0.264 e. The van der Waals surface area contributed by atoms with Crippen molar-refractivity contribution in [1.29, 1.82) is 0 Å². The number of rotatable bonds is 1. The molecule has 2 rings (SSSR count). The minimum Gasteiger partial charge on any atom is -0.264 e. The van der Waals surface area contributed by atoms with E-state index in [0.29, 0.717) is 0 Å². The number of H-pyrrole nitrogens is 1. The Kier molecular flexibility index (Phi) is 2.10. The third-order valence-corrected chi connectivity index (χ3v) is 2.34. The molecule has 15 heavy (non-hydrogen) atoms. The molecule has 2 aromatic heterocycles. The van der Waals surface area contributed by atoms with Gasteiger partial charge in [-0.25, -0.2) is 0 Å². The lowest BCUT2D eigenvalue weighted by molar-refractivity contribution is 0.348. The summed E-state index contributed by atoms with van der Waals surface area (Å²) in [6, 6.07) is 0. The molecule has 2 heterocycles. The molecule has 0 aliphatic carbocycles. The molecule has 0 atom stereocenters. The highest BCUT2D eigenvalue weighted by atomic mass is 15.3. The van der Waals surface area contributed by atoms with Crippen LogP contribution in [-0.4, -0.2) is 25.2 Å². The molecule has 0 aliphatic heterocycles. The summed E-state index contributed by atoms with van der Waals surface area (Å²) in [4.78, 5) is 0. The van der Waals surface area contributed by atoms with Crippen LogP contribution >= 0.6 is 0 Å². The smallest absolute Gasteiger partial charge is 0.116 e. The Morgan fingerprint density at radius 3 is 2.47 bits per heavy atom. The van der Waals surface area contributed by atoms with Gasteiger partial charge in [-0.1, -0.05) is 0 Å². The van der Waals surface area contributed by atoms with Crippen LogP contribution in [0.4, 0.5) is 0 Å². The molecule has 0 radical (unpaired) electrons. The SMILES string of the molecule is Cc1c(-c2cn[nH]n2)cnn1C(C)(C)C. The Morgan fingerprint density at radius 2 is 2.00 bits per heavy atom. The van der Waals surface area contributed by atoms with Crippen molar-refractivity contribution in [2.75, 3.05) is 0 Å². The van der Waals surface area contributed by atoms with Crippen molar-refractivity contribution in [3.05, 3.63) is 18.1 Å². The molecule has 0 saturated carbocycles. The van der Waals surface area contributed by atoms with Crippen LogP contribution in [0.25, 0.3) is 11.3 Å². The molecule has 0 amide bonds. The van der Waals surface area contributed by atoms with E-state index >= 15 is 0 Å². The Morgan fingerprint density at radius 1 is 1.27 bits per heavy atom. The number of hydrogen-bond acceptors (Lipinski definition) is 3. The third kappa shape index (κ3) is 1.65. The minimum atomic E-state index is -0.00787. The molecular formula is C10H15N5. The van der Waals surface area contributed by atoms with Gasteiger partial charge in [0.15, 0.2) is 0 Å². The van der Waals surface area contributed by atoms with Crippen molar-refractivity contribution in [3.8, 4) is 11.3 Å². The fourth-order valence-electron chi connectivity index (χ4n) is 1.67. The van der Waals surface area contributed by atoms with Gasteiger partial charge in [-0.2, -0.15) is 20.5 Å². The molecule has 0 saturated heterocycles. The summed E-state index contributed by atoms with van der Waals surface area (Å²) in [5.74, 6) is 0. The summed E-state index contributed by atoms with van der Waals surface area (Å²) in [6.45, 7) is 8.42. The van der Waals surface area contributed by atoms with Gasteiger partial charge in [0.05, 0.1) is 17.9 Å². The van der Waals surface area contributed by atoms with Gasteiger partial charge in [-0.05, 0) is 27.7 Å². The quantitative estimate of drug-likeness (QED) is 0.771. The number of nitrogens with one attached hydrogen (secondary N) is 1. The fraction of sp³-hybridized carbons (Fsp3) is 0.500. The number of nitrogens with zero attached hydrogens (tertiary/aromatic N) is 4. The molecule has 1 N–H and O–H groups in total. The molecule has 0 spiro atoms. The third-order valence-electron chi connectivity index (χ3n) is 2.34. The molecule has 0 aromatic carbocycles. The highest BCUT2D eigenvalue weighted by Crippen LogP contribution is 2.24. The van der Waals surface area contributed by atoms with Crippen molar-refractivity contribution in [1.82, 2.24) is 25.2 Å². The first kappa shape index (κ1) is 9.89. The average molecular weight is 205 g/mol. The van der Waals surface area contributed by atoms with Crippen molar-refractivity contribution < 1.29 is 0 Å². The van der Waals surface area contributed by atoms with Gasteiger partial charge in [0, 0.05) is 11.3 Å². The second kappa shape index (κ2) is 3.18. The molecule has 0 aliphatic rings. The van der Waals surface area contributed by atoms with Gasteiger partial charge in [0.2, 0.25) is 0 Å². The molecule has 0 bridgehead atoms. The lowest BCUT2D eigenvalue weighted by Gasteiger charge is -2.21. The van der Waals surface area contributed by atoms with Crippen LogP contribution in [0, 0.1) is 6.92 Å². The van der Waals surface area contributed by atoms with E-state index in [0.717, 1.165) is 17.0 Å². The molecule has 5 nitrogen and oxygen atoms in total. The van der Waals surface area contributed by atoms with Crippen LogP contribution < -0.4 is 0 Å². The standard InChI is InChI=1S/C10H15N5/c1-7-8(9-6-11-14-13-9)5-12-15(7)10(2,3)4/h5-6H,1-4H3,(H,11,13,14). The first-order chi connectivity index (χ1) is 7.00. The molecular weight excluding hydrogens is 190 g/mol. The second-order valence-electron chi connectivity index (χ2n) is 4.58. The van der Waals surface area contributed by atoms with Crippen LogP contribution in [-0.2, 0) is 5.54 Å². The van der Waals surface area contributed by atoms with E-state index in [1.54, 1.807) is 6.20 Å². The molecule has 0 fully saturated rings. The van der Waals surface area contributed by atoms with Crippen molar-refractivity contribution >= 4 is 0 Å². The van der Waals surface area contributed by atoms with Crippen LogP contribution in [0.15, 0.2) is 12.4 Å². The van der Waals surface area contributed by atoms with Gasteiger partial charge in [-0.15, -0.1) is 0 Å². The Bertz CT molecular complexity index is 447. The van der Waals surface area contributed by atoms with E-state index < -0.39 is 0 Å². The zero-order chi connectivity index (χ0) is 11.1. The normalized spacial score (nSPS) is 12.0. The number of aromatic nitrogens is 5. The van der Waals surface area contributed by atoms with E-state index in [1.165, 1.54) is 0 Å². The number of aromatic amines is 1. The Balaban J connectivity index is 2.50. The highest BCUT2D eigenvalue weighted by Gasteiger charge is 2.19. The van der Waals surface area contributed by atoms with Crippen molar-refractivity contribution in [2.45, 2.75) is 33.2 Å². The van der Waals surface area contributed by atoms with Gasteiger partial charge in [-0.3, -0.25) is 4.68 Å². The van der Waals surface area contributed by atoms with Gasteiger partial charge < -0.3 is 0 Å². The van der Waals surface area contributed by atoms with Crippen LogP contribution in [0.3, 0.4) is 0 Å². The summed E-state index contributed by atoms with van der Waals surface area (Å²) < 4.78 is 2.00. The fourth-order valence-corrected chi connectivity index (χ4v) is 1.67. The first-order valence-corrected chi connectivity index (χ1v) is 4.91. The van der Waals surface area contributed by atoms with Gasteiger partial charge in [0.1, 0.15) is 5.69 Å². The highest BCUT2D eigenvalue weighted by molar-refractivity contribution is 5.59. The summed E-state index contributed by atoms with van der Waals surface area (Å²) in [5, 5.41) is 14.8. The molecule has 80 valence electrons. The topological polar surface area (TPSA) is 59.4 Å².